The number of nitrogens with one attached hydrogen (secondary N) is 1. The molecule has 0 radical (unpaired) electrons. The molecule has 0 amide bonds. The van der Waals surface area contributed by atoms with Crippen molar-refractivity contribution >= 4 is 0 Å². The Morgan fingerprint density at radius 3 is 2.81 bits per heavy atom. The van der Waals surface area contributed by atoms with Crippen LogP contribution in [-0.4, -0.2) is 51.3 Å². The van der Waals surface area contributed by atoms with Crippen LogP contribution >= 0.6 is 0 Å². The Kier molecular flexibility index (Phi) is 5.73. The second-order valence-corrected chi connectivity index (χ2v) is 5.43. The summed E-state index contributed by atoms with van der Waals surface area (Å²) in [4.78, 5) is 2.57. The molecule has 1 fully saturated rings. The van der Waals surface area contributed by atoms with Gasteiger partial charge in [-0.25, -0.2) is 0 Å². The van der Waals surface area contributed by atoms with Gasteiger partial charge in [-0.05, 0) is 38.3 Å². The highest BCUT2D eigenvalue weighted by Crippen LogP contribution is 2.24. The quantitative estimate of drug-likeness (QED) is 0.749. The predicted octanol–water partition coefficient (Wildman–Crippen LogP) is 1.73. The van der Waals surface area contributed by atoms with Crippen molar-refractivity contribution in [3.05, 3.63) is 0 Å². The minimum Gasteiger partial charge on any atom is -0.380 e. The van der Waals surface area contributed by atoms with Gasteiger partial charge in [0.25, 0.3) is 0 Å². The molecule has 16 heavy (non-hydrogen) atoms. The second-order valence-electron chi connectivity index (χ2n) is 5.43. The number of likely N-dealkylation sites (tertiary alicyclic amines) is 1. The molecule has 1 heterocycles. The van der Waals surface area contributed by atoms with Crippen molar-refractivity contribution in [2.75, 3.05) is 40.3 Å². The molecule has 0 aromatic carbocycles. The molecular weight excluding hydrogens is 200 g/mol. The predicted molar refractivity (Wildman–Crippen MR) is 68.8 cm³/mol. The third-order valence-corrected chi connectivity index (χ3v) is 3.86. The van der Waals surface area contributed by atoms with Crippen LogP contribution in [0.4, 0.5) is 0 Å². The molecule has 1 aliphatic rings. The zero-order valence-electron chi connectivity index (χ0n) is 11.4. The van der Waals surface area contributed by atoms with Gasteiger partial charge >= 0.3 is 0 Å². The fourth-order valence-electron chi connectivity index (χ4n) is 2.61. The van der Waals surface area contributed by atoms with E-state index in [4.69, 9.17) is 4.74 Å². The summed E-state index contributed by atoms with van der Waals surface area (Å²) >= 11 is 0. The zero-order chi connectivity index (χ0) is 12.0. The fraction of sp³-hybridized carbons (Fsp3) is 1.00. The van der Waals surface area contributed by atoms with E-state index in [1.807, 2.05) is 14.2 Å². The Balaban J connectivity index is 2.44. The van der Waals surface area contributed by atoms with E-state index in [1.165, 1.54) is 32.4 Å². The highest BCUT2D eigenvalue weighted by atomic mass is 16.5. The standard InChI is InChI=1S/C13H28N2O/c1-5-13(2,10-14-3)11-15-8-6-7-12(9-15)16-4/h12,14H,5-11H2,1-4H3. The van der Waals surface area contributed by atoms with Gasteiger partial charge in [0.2, 0.25) is 0 Å². The molecule has 1 rings (SSSR count). The maximum atomic E-state index is 5.47. The first-order valence-electron chi connectivity index (χ1n) is 6.53. The molecule has 1 N–H and O–H groups in total. The molecule has 1 saturated heterocycles. The summed E-state index contributed by atoms with van der Waals surface area (Å²) in [7, 11) is 3.88. The van der Waals surface area contributed by atoms with E-state index < -0.39 is 0 Å². The maximum absolute atomic E-state index is 5.47. The molecule has 0 aromatic rings. The molecular formula is C13H28N2O. The number of nitrogens with zero attached hydrogens (tertiary/aromatic N) is 1. The van der Waals surface area contributed by atoms with Gasteiger partial charge in [-0.15, -0.1) is 0 Å². The summed E-state index contributed by atoms with van der Waals surface area (Å²) in [6.07, 6.45) is 4.17. The Labute approximate surface area is 101 Å². The molecule has 0 aromatic heterocycles. The van der Waals surface area contributed by atoms with Crippen LogP contribution in [0.5, 0.6) is 0 Å². The number of hydrogen-bond donors (Lipinski definition) is 1. The first-order chi connectivity index (χ1) is 7.63. The van der Waals surface area contributed by atoms with Crippen molar-refractivity contribution in [2.24, 2.45) is 5.41 Å². The van der Waals surface area contributed by atoms with Gasteiger partial charge in [0.1, 0.15) is 0 Å². The molecule has 3 nitrogen and oxygen atoms in total. The van der Waals surface area contributed by atoms with Gasteiger partial charge in [0.15, 0.2) is 0 Å². The van der Waals surface area contributed by atoms with Crippen LogP contribution in [0.15, 0.2) is 0 Å². The average Bonchev–Trinajstić information content (AvgIpc) is 2.29. The van der Waals surface area contributed by atoms with E-state index in [1.54, 1.807) is 0 Å². The highest BCUT2D eigenvalue weighted by molar-refractivity contribution is 4.82. The number of hydrogen-bond acceptors (Lipinski definition) is 3. The third-order valence-electron chi connectivity index (χ3n) is 3.86. The minimum atomic E-state index is 0.393. The normalized spacial score (nSPS) is 26.6. The van der Waals surface area contributed by atoms with Crippen LogP contribution in [0.25, 0.3) is 0 Å². The Morgan fingerprint density at radius 1 is 1.50 bits per heavy atom. The third kappa shape index (κ3) is 4.04. The summed E-state index contributed by atoms with van der Waals surface area (Å²) in [6.45, 7) is 9.28. The summed E-state index contributed by atoms with van der Waals surface area (Å²) in [5.41, 5.74) is 0.393. The molecule has 0 saturated carbocycles. The van der Waals surface area contributed by atoms with Gasteiger partial charge < -0.3 is 15.0 Å². The Hall–Kier alpha value is -0.120. The lowest BCUT2D eigenvalue weighted by Crippen LogP contribution is -2.46. The summed E-state index contributed by atoms with van der Waals surface area (Å²) in [5, 5.41) is 3.32. The van der Waals surface area contributed by atoms with Crippen molar-refractivity contribution in [1.29, 1.82) is 0 Å². The Bertz CT molecular complexity index is 198. The smallest absolute Gasteiger partial charge is 0.0698 e. The molecule has 2 atom stereocenters. The second kappa shape index (κ2) is 6.58. The van der Waals surface area contributed by atoms with Crippen LogP contribution in [-0.2, 0) is 4.74 Å². The van der Waals surface area contributed by atoms with E-state index in [-0.39, 0.29) is 0 Å². The molecule has 2 unspecified atom stereocenters. The summed E-state index contributed by atoms with van der Waals surface area (Å²) in [5.74, 6) is 0. The summed E-state index contributed by atoms with van der Waals surface area (Å²) in [6, 6.07) is 0. The van der Waals surface area contributed by atoms with Crippen LogP contribution in [0, 0.1) is 5.41 Å². The van der Waals surface area contributed by atoms with Crippen LogP contribution in [0.2, 0.25) is 0 Å². The fourth-order valence-corrected chi connectivity index (χ4v) is 2.61. The van der Waals surface area contributed by atoms with E-state index >= 15 is 0 Å². The average molecular weight is 228 g/mol. The van der Waals surface area contributed by atoms with Crippen molar-refractivity contribution in [3.63, 3.8) is 0 Å². The first kappa shape index (κ1) is 13.9. The van der Waals surface area contributed by atoms with Crippen LogP contribution in [0.1, 0.15) is 33.1 Å². The molecule has 0 bridgehead atoms. The molecule has 1 aliphatic heterocycles. The van der Waals surface area contributed by atoms with E-state index in [0.717, 1.165) is 13.1 Å². The lowest BCUT2D eigenvalue weighted by molar-refractivity contribution is 0.0159. The summed E-state index contributed by atoms with van der Waals surface area (Å²) < 4.78 is 5.47. The first-order valence-corrected chi connectivity index (χ1v) is 6.53. The van der Waals surface area contributed by atoms with E-state index in [2.05, 4.69) is 24.1 Å². The van der Waals surface area contributed by atoms with Crippen LogP contribution < -0.4 is 5.32 Å². The van der Waals surface area contributed by atoms with Gasteiger partial charge in [0, 0.05) is 26.7 Å². The number of piperidine rings is 1. The monoisotopic (exact) mass is 228 g/mol. The molecule has 0 spiro atoms. The van der Waals surface area contributed by atoms with E-state index in [0.29, 0.717) is 11.5 Å². The maximum Gasteiger partial charge on any atom is 0.0698 e. The van der Waals surface area contributed by atoms with Crippen LogP contribution in [0.3, 0.4) is 0 Å². The van der Waals surface area contributed by atoms with Gasteiger partial charge in [-0.1, -0.05) is 13.8 Å². The van der Waals surface area contributed by atoms with Crippen molar-refractivity contribution in [1.82, 2.24) is 10.2 Å². The highest BCUT2D eigenvalue weighted by Gasteiger charge is 2.27. The molecule has 3 heteroatoms. The largest absolute Gasteiger partial charge is 0.380 e. The Morgan fingerprint density at radius 2 is 2.25 bits per heavy atom. The number of rotatable bonds is 6. The molecule has 0 aliphatic carbocycles. The molecule has 96 valence electrons. The van der Waals surface area contributed by atoms with Gasteiger partial charge in [-0.3, -0.25) is 0 Å². The van der Waals surface area contributed by atoms with Crippen molar-refractivity contribution in [3.8, 4) is 0 Å². The SMILES string of the molecule is CCC(C)(CNC)CN1CCCC(OC)C1. The van der Waals surface area contributed by atoms with Gasteiger partial charge in [0.05, 0.1) is 6.10 Å². The topological polar surface area (TPSA) is 24.5 Å². The lowest BCUT2D eigenvalue weighted by atomic mass is 9.86. The van der Waals surface area contributed by atoms with Crippen molar-refractivity contribution in [2.45, 2.75) is 39.2 Å². The lowest BCUT2D eigenvalue weighted by Gasteiger charge is -2.39. The van der Waals surface area contributed by atoms with E-state index in [9.17, 15) is 0 Å². The van der Waals surface area contributed by atoms with Crippen molar-refractivity contribution < 1.29 is 4.74 Å². The number of ether oxygens (including phenoxy) is 1. The minimum absolute atomic E-state index is 0.393. The van der Waals surface area contributed by atoms with Gasteiger partial charge in [-0.2, -0.15) is 0 Å². The number of methoxy groups -OCH3 is 1. The zero-order valence-corrected chi connectivity index (χ0v) is 11.4.